The van der Waals surface area contributed by atoms with Gasteiger partial charge >= 0.3 is 0 Å². The number of rotatable bonds is 3. The van der Waals surface area contributed by atoms with Crippen molar-refractivity contribution in [1.82, 2.24) is 4.98 Å². The summed E-state index contributed by atoms with van der Waals surface area (Å²) in [5.74, 6) is 3.49. The summed E-state index contributed by atoms with van der Waals surface area (Å²) in [5, 5.41) is 3.19. The highest BCUT2D eigenvalue weighted by Crippen LogP contribution is 2.23. The molecule has 0 aromatic carbocycles. The first-order valence-corrected chi connectivity index (χ1v) is 5.32. The maximum absolute atomic E-state index is 5.36. The van der Waals surface area contributed by atoms with Gasteiger partial charge in [-0.05, 0) is 40.9 Å². The van der Waals surface area contributed by atoms with Gasteiger partial charge in [-0.2, -0.15) is 0 Å². The van der Waals surface area contributed by atoms with Crippen molar-refractivity contribution in [2.75, 3.05) is 5.32 Å². The van der Waals surface area contributed by atoms with Crippen LogP contribution in [0, 0.1) is 19.3 Å². The van der Waals surface area contributed by atoms with Crippen molar-refractivity contribution >= 4 is 21.7 Å². The lowest BCUT2D eigenvalue weighted by molar-refractivity contribution is 0.849. The highest BCUT2D eigenvalue weighted by atomic mass is 79.9. The predicted octanol–water partition coefficient (Wildman–Crippen LogP) is 2.98. The van der Waals surface area contributed by atoms with E-state index in [-0.39, 0.29) is 6.04 Å². The molecule has 0 saturated heterocycles. The van der Waals surface area contributed by atoms with Crippen LogP contribution in [0.4, 0.5) is 5.82 Å². The van der Waals surface area contributed by atoms with Crippen molar-refractivity contribution in [3.8, 4) is 12.3 Å². The number of halogens is 1. The maximum atomic E-state index is 5.36. The van der Waals surface area contributed by atoms with Gasteiger partial charge in [-0.1, -0.05) is 12.8 Å². The van der Waals surface area contributed by atoms with Gasteiger partial charge in [-0.15, -0.1) is 6.42 Å². The Morgan fingerprint density at radius 2 is 2.43 bits per heavy atom. The van der Waals surface area contributed by atoms with E-state index in [1.165, 1.54) is 0 Å². The SMILES string of the molecule is C#CC(CC)Nc1nccc(C)c1Br. The minimum Gasteiger partial charge on any atom is -0.356 e. The molecule has 0 aliphatic carbocycles. The van der Waals surface area contributed by atoms with Gasteiger partial charge in [0.15, 0.2) is 0 Å². The molecule has 0 aliphatic rings. The van der Waals surface area contributed by atoms with Crippen LogP contribution in [0.15, 0.2) is 16.7 Å². The van der Waals surface area contributed by atoms with E-state index >= 15 is 0 Å². The summed E-state index contributed by atoms with van der Waals surface area (Å²) in [7, 11) is 0. The van der Waals surface area contributed by atoms with Crippen molar-refractivity contribution in [2.45, 2.75) is 26.3 Å². The van der Waals surface area contributed by atoms with Crippen LogP contribution in [0.25, 0.3) is 0 Å². The predicted molar refractivity (Wildman–Crippen MR) is 63.2 cm³/mol. The highest BCUT2D eigenvalue weighted by molar-refractivity contribution is 9.10. The largest absolute Gasteiger partial charge is 0.356 e. The highest BCUT2D eigenvalue weighted by Gasteiger charge is 2.07. The van der Waals surface area contributed by atoms with Gasteiger partial charge in [0, 0.05) is 6.20 Å². The fraction of sp³-hybridized carbons (Fsp3) is 0.364. The van der Waals surface area contributed by atoms with Crippen molar-refractivity contribution in [3.05, 3.63) is 22.3 Å². The third-order valence-corrected chi connectivity index (χ3v) is 3.00. The Bertz CT molecular complexity index is 355. The fourth-order valence-electron chi connectivity index (χ4n) is 1.07. The fourth-order valence-corrected chi connectivity index (χ4v) is 1.42. The average Bonchev–Trinajstić information content (AvgIpc) is 2.20. The average molecular weight is 253 g/mol. The monoisotopic (exact) mass is 252 g/mol. The van der Waals surface area contributed by atoms with E-state index in [1.807, 2.05) is 19.9 Å². The van der Waals surface area contributed by atoms with Gasteiger partial charge in [-0.3, -0.25) is 0 Å². The summed E-state index contributed by atoms with van der Waals surface area (Å²) in [6.45, 7) is 4.06. The molecule has 0 fully saturated rings. The van der Waals surface area contributed by atoms with Gasteiger partial charge in [0.1, 0.15) is 5.82 Å². The van der Waals surface area contributed by atoms with E-state index in [9.17, 15) is 0 Å². The van der Waals surface area contributed by atoms with Crippen LogP contribution in [0.2, 0.25) is 0 Å². The molecule has 0 radical (unpaired) electrons. The van der Waals surface area contributed by atoms with Crippen LogP contribution in [-0.2, 0) is 0 Å². The number of pyridine rings is 1. The number of aromatic nitrogens is 1. The molecular weight excluding hydrogens is 240 g/mol. The van der Waals surface area contributed by atoms with Crippen LogP contribution in [0.3, 0.4) is 0 Å². The van der Waals surface area contributed by atoms with Gasteiger partial charge in [0.25, 0.3) is 0 Å². The molecule has 1 aromatic rings. The van der Waals surface area contributed by atoms with E-state index in [2.05, 4.69) is 32.2 Å². The summed E-state index contributed by atoms with van der Waals surface area (Å²) in [6, 6.07) is 1.99. The lowest BCUT2D eigenvalue weighted by Gasteiger charge is -2.13. The summed E-state index contributed by atoms with van der Waals surface area (Å²) in [4.78, 5) is 4.22. The molecule has 1 unspecified atom stereocenters. The number of nitrogens with zero attached hydrogens (tertiary/aromatic N) is 1. The Balaban J connectivity index is 2.87. The van der Waals surface area contributed by atoms with Crippen LogP contribution in [0.5, 0.6) is 0 Å². The number of hydrogen-bond donors (Lipinski definition) is 1. The van der Waals surface area contributed by atoms with Gasteiger partial charge in [-0.25, -0.2) is 4.98 Å². The molecule has 14 heavy (non-hydrogen) atoms. The normalized spacial score (nSPS) is 11.9. The molecule has 1 aromatic heterocycles. The van der Waals surface area contributed by atoms with Crippen LogP contribution in [-0.4, -0.2) is 11.0 Å². The van der Waals surface area contributed by atoms with Gasteiger partial charge in [0.05, 0.1) is 10.5 Å². The molecule has 1 heterocycles. The van der Waals surface area contributed by atoms with E-state index in [0.29, 0.717) is 0 Å². The van der Waals surface area contributed by atoms with E-state index in [4.69, 9.17) is 6.42 Å². The second kappa shape index (κ2) is 5.02. The lowest BCUT2D eigenvalue weighted by atomic mass is 10.2. The third-order valence-electron chi connectivity index (χ3n) is 2.00. The molecule has 0 spiro atoms. The molecule has 1 atom stereocenters. The van der Waals surface area contributed by atoms with E-state index in [0.717, 1.165) is 22.3 Å². The second-order valence-corrected chi connectivity index (χ2v) is 3.86. The van der Waals surface area contributed by atoms with Crippen molar-refractivity contribution in [2.24, 2.45) is 0 Å². The number of terminal acetylenes is 1. The van der Waals surface area contributed by atoms with Crippen LogP contribution in [0.1, 0.15) is 18.9 Å². The number of hydrogen-bond acceptors (Lipinski definition) is 2. The van der Waals surface area contributed by atoms with Crippen molar-refractivity contribution in [1.29, 1.82) is 0 Å². The lowest BCUT2D eigenvalue weighted by Crippen LogP contribution is -2.17. The summed E-state index contributed by atoms with van der Waals surface area (Å²) in [5.41, 5.74) is 1.15. The van der Waals surface area contributed by atoms with Crippen LogP contribution >= 0.6 is 15.9 Å². The van der Waals surface area contributed by atoms with Crippen molar-refractivity contribution in [3.63, 3.8) is 0 Å². The first-order chi connectivity index (χ1) is 6.69. The first kappa shape index (κ1) is 11.1. The number of nitrogens with one attached hydrogen (secondary N) is 1. The Kier molecular flexibility index (Phi) is 3.97. The van der Waals surface area contributed by atoms with Gasteiger partial charge in [0.2, 0.25) is 0 Å². The van der Waals surface area contributed by atoms with Crippen molar-refractivity contribution < 1.29 is 0 Å². The summed E-state index contributed by atoms with van der Waals surface area (Å²) >= 11 is 3.47. The molecule has 2 nitrogen and oxygen atoms in total. The van der Waals surface area contributed by atoms with Gasteiger partial charge < -0.3 is 5.32 Å². The molecule has 0 saturated carbocycles. The molecular formula is C11H13BrN2. The minimum atomic E-state index is 0.0422. The quantitative estimate of drug-likeness (QED) is 0.837. The summed E-state index contributed by atoms with van der Waals surface area (Å²) < 4.78 is 0.980. The zero-order valence-electron chi connectivity index (χ0n) is 8.34. The molecule has 0 aliphatic heterocycles. The standard InChI is InChI=1S/C11H13BrN2/c1-4-9(5-2)14-11-10(12)8(3)6-7-13-11/h1,6-7,9H,5H2,2-3H3,(H,13,14). The molecule has 3 heteroatoms. The summed E-state index contributed by atoms with van der Waals surface area (Å²) in [6.07, 6.45) is 8.02. The molecule has 0 amide bonds. The Morgan fingerprint density at radius 3 is 3.00 bits per heavy atom. The number of anilines is 1. The first-order valence-electron chi connectivity index (χ1n) is 4.52. The smallest absolute Gasteiger partial charge is 0.141 e. The minimum absolute atomic E-state index is 0.0422. The third kappa shape index (κ3) is 2.49. The van der Waals surface area contributed by atoms with E-state index in [1.54, 1.807) is 6.20 Å². The molecule has 0 bridgehead atoms. The Morgan fingerprint density at radius 1 is 1.71 bits per heavy atom. The van der Waals surface area contributed by atoms with E-state index < -0.39 is 0 Å². The number of aryl methyl sites for hydroxylation is 1. The zero-order chi connectivity index (χ0) is 10.6. The Hall–Kier alpha value is -1.01. The molecule has 1 rings (SSSR count). The zero-order valence-corrected chi connectivity index (χ0v) is 9.93. The Labute approximate surface area is 93.3 Å². The molecule has 74 valence electrons. The van der Waals surface area contributed by atoms with Crippen LogP contribution < -0.4 is 5.32 Å². The maximum Gasteiger partial charge on any atom is 0.141 e. The molecule has 1 N–H and O–H groups in total. The topological polar surface area (TPSA) is 24.9 Å². The second-order valence-electron chi connectivity index (χ2n) is 3.06.